The number of aromatic nitrogens is 5. The molecule has 0 aliphatic carbocycles. The van der Waals surface area contributed by atoms with Crippen molar-refractivity contribution in [3.05, 3.63) is 88.8 Å². The molecule has 1 aliphatic rings. The van der Waals surface area contributed by atoms with Gasteiger partial charge < -0.3 is 9.30 Å². The van der Waals surface area contributed by atoms with Crippen LogP contribution in [0.1, 0.15) is 52.8 Å². The van der Waals surface area contributed by atoms with Gasteiger partial charge in [0.15, 0.2) is 5.82 Å². The van der Waals surface area contributed by atoms with Gasteiger partial charge in [0, 0.05) is 30.3 Å². The average molecular weight is 497 g/mol. The molecule has 6 nitrogen and oxygen atoms in total. The van der Waals surface area contributed by atoms with Gasteiger partial charge in [-0.2, -0.15) is 18.3 Å². The number of hydrogen-bond donors (Lipinski definition) is 0. The van der Waals surface area contributed by atoms with Crippen LogP contribution in [0.25, 0.3) is 17.8 Å². The molecule has 2 aromatic heterocycles. The number of ether oxygens (including phenoxy) is 1. The van der Waals surface area contributed by atoms with Crippen LogP contribution in [0.15, 0.2) is 48.9 Å². The third-order valence-electron chi connectivity index (χ3n) is 6.23. The quantitative estimate of drug-likeness (QED) is 0.316. The van der Waals surface area contributed by atoms with Crippen LogP contribution < -0.4 is 4.74 Å². The van der Waals surface area contributed by atoms with Crippen molar-refractivity contribution in [2.45, 2.75) is 38.4 Å². The fourth-order valence-corrected chi connectivity index (χ4v) is 4.56. The summed E-state index contributed by atoms with van der Waals surface area (Å²) in [5.74, 6) is 0.222. The number of benzene rings is 2. The van der Waals surface area contributed by atoms with E-state index < -0.39 is 23.5 Å². The largest absolute Gasteiger partial charge is 0.495 e. The van der Waals surface area contributed by atoms with Crippen LogP contribution in [0.3, 0.4) is 0 Å². The molecule has 4 aromatic rings. The van der Waals surface area contributed by atoms with Gasteiger partial charge in [-0.1, -0.05) is 18.2 Å². The molecule has 0 spiro atoms. The average Bonchev–Trinajstić information content (AvgIpc) is 3.48. The molecule has 186 valence electrons. The number of rotatable bonds is 5. The fraction of sp³-hybridized carbons (Fsp3) is 0.269. The molecule has 1 atom stereocenters. The highest BCUT2D eigenvalue weighted by atomic mass is 19.4. The van der Waals surface area contributed by atoms with Gasteiger partial charge in [-0.15, -0.1) is 0 Å². The Balaban J connectivity index is 1.46. The summed E-state index contributed by atoms with van der Waals surface area (Å²) in [6.07, 6.45) is 3.18. The van der Waals surface area contributed by atoms with Gasteiger partial charge in [0.25, 0.3) is 0 Å². The number of alkyl halides is 3. The second-order valence-corrected chi connectivity index (χ2v) is 8.63. The standard InChI is InChI=1S/C26H23F4N5O/c1-16-14-34(15-31-16)22-13-21(27)17(12-23(22)36-2)9-10-24-32-25-19(7-5-11-35(25)33-24)18-6-3-4-8-20(18)26(28,29)30/h3-4,6,8-10,12-15,19H,5,7,11H2,1-2H3/b10-9+/t19-/m1/s1. The van der Waals surface area contributed by atoms with E-state index in [2.05, 4.69) is 15.1 Å². The lowest BCUT2D eigenvalue weighted by molar-refractivity contribution is -0.138. The molecule has 0 bridgehead atoms. The highest BCUT2D eigenvalue weighted by Gasteiger charge is 2.37. The lowest BCUT2D eigenvalue weighted by atomic mass is 9.88. The first-order chi connectivity index (χ1) is 17.2. The molecule has 36 heavy (non-hydrogen) atoms. The molecule has 3 heterocycles. The Bertz CT molecular complexity index is 1440. The van der Waals surface area contributed by atoms with E-state index in [0.717, 1.165) is 11.8 Å². The number of hydrogen-bond acceptors (Lipinski definition) is 4. The number of aryl methyl sites for hydroxylation is 2. The lowest BCUT2D eigenvalue weighted by Crippen LogP contribution is -2.21. The predicted molar refractivity (Wildman–Crippen MR) is 126 cm³/mol. The van der Waals surface area contributed by atoms with Crippen LogP contribution in [0.2, 0.25) is 0 Å². The summed E-state index contributed by atoms with van der Waals surface area (Å²) in [5.41, 5.74) is 1.09. The Morgan fingerprint density at radius 2 is 1.94 bits per heavy atom. The van der Waals surface area contributed by atoms with E-state index in [-0.39, 0.29) is 11.1 Å². The molecule has 0 unspecified atom stereocenters. The van der Waals surface area contributed by atoms with Crippen LogP contribution in [0.5, 0.6) is 5.75 Å². The van der Waals surface area contributed by atoms with Crippen LogP contribution in [0, 0.1) is 12.7 Å². The zero-order valence-electron chi connectivity index (χ0n) is 19.6. The van der Waals surface area contributed by atoms with E-state index in [0.29, 0.717) is 42.5 Å². The Morgan fingerprint density at radius 1 is 1.14 bits per heavy atom. The van der Waals surface area contributed by atoms with Crippen molar-refractivity contribution in [1.29, 1.82) is 0 Å². The summed E-state index contributed by atoms with van der Waals surface area (Å²) >= 11 is 0. The predicted octanol–water partition coefficient (Wildman–Crippen LogP) is 6.03. The third kappa shape index (κ3) is 4.50. The SMILES string of the molecule is COc1cc(/C=C/c2nc3n(n2)CCC[C@@H]3c2ccccc2C(F)(F)F)c(F)cc1-n1cnc(C)c1. The Hall–Kier alpha value is -3.95. The molecule has 0 N–H and O–H groups in total. The Labute approximate surface area is 204 Å². The maximum atomic E-state index is 14.9. The third-order valence-corrected chi connectivity index (χ3v) is 6.23. The molecule has 0 amide bonds. The van der Waals surface area contributed by atoms with Gasteiger partial charge in [-0.3, -0.25) is 0 Å². The van der Waals surface area contributed by atoms with Gasteiger partial charge in [0.1, 0.15) is 17.4 Å². The second-order valence-electron chi connectivity index (χ2n) is 8.63. The van der Waals surface area contributed by atoms with Gasteiger partial charge in [-0.25, -0.2) is 19.0 Å². The summed E-state index contributed by atoms with van der Waals surface area (Å²) in [5, 5.41) is 4.45. The van der Waals surface area contributed by atoms with Crippen molar-refractivity contribution in [2.75, 3.05) is 7.11 Å². The van der Waals surface area contributed by atoms with Crippen molar-refractivity contribution in [2.24, 2.45) is 0 Å². The van der Waals surface area contributed by atoms with Gasteiger partial charge in [0.05, 0.1) is 30.4 Å². The van der Waals surface area contributed by atoms with E-state index in [1.807, 2.05) is 6.92 Å². The van der Waals surface area contributed by atoms with Gasteiger partial charge in [0.2, 0.25) is 0 Å². The van der Waals surface area contributed by atoms with E-state index in [9.17, 15) is 17.6 Å². The van der Waals surface area contributed by atoms with E-state index in [4.69, 9.17) is 4.74 Å². The fourth-order valence-electron chi connectivity index (χ4n) is 4.56. The maximum absolute atomic E-state index is 14.9. The highest BCUT2D eigenvalue weighted by Crippen LogP contribution is 2.40. The van der Waals surface area contributed by atoms with Crippen LogP contribution in [0.4, 0.5) is 17.6 Å². The minimum absolute atomic E-state index is 0.190. The normalized spacial score (nSPS) is 15.9. The Morgan fingerprint density at radius 3 is 2.67 bits per heavy atom. The zero-order chi connectivity index (χ0) is 25.4. The van der Waals surface area contributed by atoms with Gasteiger partial charge in [-0.05, 0) is 49.6 Å². The van der Waals surface area contributed by atoms with E-state index >= 15 is 0 Å². The van der Waals surface area contributed by atoms with Crippen molar-refractivity contribution in [3.63, 3.8) is 0 Å². The summed E-state index contributed by atoms with van der Waals surface area (Å²) in [6, 6.07) is 8.50. The van der Waals surface area contributed by atoms with Crippen LogP contribution >= 0.6 is 0 Å². The first kappa shape index (κ1) is 23.8. The first-order valence-corrected chi connectivity index (χ1v) is 11.4. The molecular formula is C26H23F4N5O. The molecule has 2 aromatic carbocycles. The second kappa shape index (κ2) is 9.25. The summed E-state index contributed by atoms with van der Waals surface area (Å²) < 4.78 is 64.6. The van der Waals surface area contributed by atoms with E-state index in [1.165, 1.54) is 31.4 Å². The topological polar surface area (TPSA) is 57.8 Å². The van der Waals surface area contributed by atoms with Crippen molar-refractivity contribution in [1.82, 2.24) is 24.3 Å². The smallest absolute Gasteiger partial charge is 0.416 e. The van der Waals surface area contributed by atoms with Crippen molar-refractivity contribution in [3.8, 4) is 11.4 Å². The maximum Gasteiger partial charge on any atom is 0.416 e. The molecule has 0 fully saturated rings. The summed E-state index contributed by atoms with van der Waals surface area (Å²) in [6.45, 7) is 2.39. The zero-order valence-corrected chi connectivity index (χ0v) is 19.6. The number of fused-ring (bicyclic) bond motifs is 1. The van der Waals surface area contributed by atoms with Gasteiger partial charge >= 0.3 is 6.18 Å². The van der Waals surface area contributed by atoms with Crippen molar-refractivity contribution >= 4 is 12.2 Å². The highest BCUT2D eigenvalue weighted by molar-refractivity contribution is 5.69. The Kier molecular flexibility index (Phi) is 6.11. The molecular weight excluding hydrogens is 474 g/mol. The van der Waals surface area contributed by atoms with E-state index in [1.54, 1.807) is 40.0 Å². The minimum atomic E-state index is -4.46. The summed E-state index contributed by atoms with van der Waals surface area (Å²) in [4.78, 5) is 8.68. The number of nitrogens with zero attached hydrogens (tertiary/aromatic N) is 5. The number of imidazole rings is 1. The first-order valence-electron chi connectivity index (χ1n) is 11.4. The van der Waals surface area contributed by atoms with Crippen LogP contribution in [-0.4, -0.2) is 31.4 Å². The monoisotopic (exact) mass is 497 g/mol. The number of methoxy groups -OCH3 is 1. The molecule has 0 saturated heterocycles. The molecule has 0 saturated carbocycles. The van der Waals surface area contributed by atoms with Crippen molar-refractivity contribution < 1.29 is 22.3 Å². The minimum Gasteiger partial charge on any atom is -0.495 e. The molecule has 5 rings (SSSR count). The number of halogens is 4. The lowest BCUT2D eigenvalue weighted by Gasteiger charge is -2.25. The van der Waals surface area contributed by atoms with Crippen LogP contribution in [-0.2, 0) is 12.7 Å². The molecule has 10 heteroatoms. The molecule has 0 radical (unpaired) electrons. The molecule has 1 aliphatic heterocycles. The summed E-state index contributed by atoms with van der Waals surface area (Å²) in [7, 11) is 1.50.